The van der Waals surface area contributed by atoms with E-state index < -0.39 is 0 Å². The predicted molar refractivity (Wildman–Crippen MR) is 62.9 cm³/mol. The van der Waals surface area contributed by atoms with Crippen molar-refractivity contribution in [1.82, 2.24) is 20.6 Å². The van der Waals surface area contributed by atoms with E-state index in [0.717, 1.165) is 4.88 Å². The maximum Gasteiger partial charge on any atom is 0.214 e. The van der Waals surface area contributed by atoms with Crippen LogP contribution in [0.25, 0.3) is 21.1 Å². The van der Waals surface area contributed by atoms with Crippen LogP contribution in [0.15, 0.2) is 42.5 Å². The van der Waals surface area contributed by atoms with E-state index in [0.29, 0.717) is 5.82 Å². The number of rotatable bonds is 2. The molecule has 5 heteroatoms. The minimum absolute atomic E-state index is 0.646. The summed E-state index contributed by atoms with van der Waals surface area (Å²) in [4.78, 5) is 2.23. The van der Waals surface area contributed by atoms with Gasteiger partial charge in [-0.3, -0.25) is 0 Å². The van der Waals surface area contributed by atoms with Crippen LogP contribution in [-0.4, -0.2) is 20.6 Å². The third kappa shape index (κ3) is 1.61. The highest BCUT2D eigenvalue weighted by Gasteiger charge is 2.07. The lowest BCUT2D eigenvalue weighted by Gasteiger charge is -1.94. The molecule has 0 saturated carbocycles. The third-order valence-electron chi connectivity index (χ3n) is 2.23. The minimum atomic E-state index is 0.646. The normalized spacial score (nSPS) is 10.5. The van der Waals surface area contributed by atoms with Crippen molar-refractivity contribution in [2.75, 3.05) is 0 Å². The second-order valence-electron chi connectivity index (χ2n) is 3.27. The first-order valence-corrected chi connectivity index (χ1v) is 5.64. The van der Waals surface area contributed by atoms with Crippen LogP contribution in [0.4, 0.5) is 0 Å². The molecule has 0 spiro atoms. The van der Waals surface area contributed by atoms with Gasteiger partial charge in [0, 0.05) is 4.88 Å². The Morgan fingerprint density at radius 3 is 2.50 bits per heavy atom. The standard InChI is InChI=1S/C11H8N4S/c1-2-4-8(5-3-1)9-6-7-10(16-9)11-12-14-15-13-11/h1-7H,(H,12,13,14,15). The molecule has 0 amide bonds. The van der Waals surface area contributed by atoms with Gasteiger partial charge in [0.15, 0.2) is 0 Å². The van der Waals surface area contributed by atoms with Crippen LogP contribution in [-0.2, 0) is 0 Å². The van der Waals surface area contributed by atoms with Crippen LogP contribution in [0, 0.1) is 0 Å². The van der Waals surface area contributed by atoms with Gasteiger partial charge in [-0.15, -0.1) is 21.5 Å². The molecule has 3 aromatic rings. The lowest BCUT2D eigenvalue weighted by Crippen LogP contribution is -1.73. The van der Waals surface area contributed by atoms with Crippen molar-refractivity contribution in [3.05, 3.63) is 42.5 Å². The Balaban J connectivity index is 2.00. The number of thiophene rings is 1. The highest BCUT2D eigenvalue weighted by Crippen LogP contribution is 2.32. The number of hydrogen-bond donors (Lipinski definition) is 1. The Kier molecular flexibility index (Phi) is 2.23. The molecule has 0 unspecified atom stereocenters. The summed E-state index contributed by atoms with van der Waals surface area (Å²) in [6.45, 7) is 0. The maximum atomic E-state index is 3.96. The highest BCUT2D eigenvalue weighted by atomic mass is 32.1. The molecule has 0 aliphatic carbocycles. The summed E-state index contributed by atoms with van der Waals surface area (Å²) in [6, 6.07) is 14.3. The monoisotopic (exact) mass is 228 g/mol. The fourth-order valence-corrected chi connectivity index (χ4v) is 2.42. The molecule has 0 bridgehead atoms. The van der Waals surface area contributed by atoms with Gasteiger partial charge in [0.05, 0.1) is 4.88 Å². The van der Waals surface area contributed by atoms with Crippen molar-refractivity contribution in [1.29, 1.82) is 0 Å². The Labute approximate surface area is 96.0 Å². The van der Waals surface area contributed by atoms with Gasteiger partial charge in [-0.2, -0.15) is 5.21 Å². The molecule has 3 rings (SSSR count). The van der Waals surface area contributed by atoms with Crippen LogP contribution >= 0.6 is 11.3 Å². The van der Waals surface area contributed by atoms with Gasteiger partial charge in [0.2, 0.25) is 5.82 Å². The Morgan fingerprint density at radius 1 is 0.938 bits per heavy atom. The van der Waals surface area contributed by atoms with Gasteiger partial charge in [0.1, 0.15) is 0 Å². The molecular formula is C11H8N4S. The molecule has 0 saturated heterocycles. The molecule has 4 nitrogen and oxygen atoms in total. The molecule has 0 atom stereocenters. The summed E-state index contributed by atoms with van der Waals surface area (Å²) in [7, 11) is 0. The highest BCUT2D eigenvalue weighted by molar-refractivity contribution is 7.18. The molecule has 1 aromatic carbocycles. The molecule has 0 aliphatic rings. The number of benzene rings is 1. The lowest BCUT2D eigenvalue weighted by molar-refractivity contribution is 0.881. The maximum absolute atomic E-state index is 3.96. The third-order valence-corrected chi connectivity index (χ3v) is 3.36. The quantitative estimate of drug-likeness (QED) is 0.733. The molecular weight excluding hydrogens is 220 g/mol. The number of hydrogen-bond acceptors (Lipinski definition) is 4. The van der Waals surface area contributed by atoms with Gasteiger partial charge in [0.25, 0.3) is 0 Å². The topological polar surface area (TPSA) is 54.5 Å². The van der Waals surface area contributed by atoms with Crippen molar-refractivity contribution >= 4 is 11.3 Å². The second kappa shape index (κ2) is 3.86. The summed E-state index contributed by atoms with van der Waals surface area (Å²) in [6.07, 6.45) is 0. The van der Waals surface area contributed by atoms with Crippen LogP contribution in [0.5, 0.6) is 0 Å². The Morgan fingerprint density at radius 2 is 1.75 bits per heavy atom. The van der Waals surface area contributed by atoms with Gasteiger partial charge >= 0.3 is 0 Å². The van der Waals surface area contributed by atoms with Crippen molar-refractivity contribution in [2.24, 2.45) is 0 Å². The fraction of sp³-hybridized carbons (Fsp3) is 0. The molecule has 78 valence electrons. The summed E-state index contributed by atoms with van der Waals surface area (Å²) < 4.78 is 0. The summed E-state index contributed by atoms with van der Waals surface area (Å²) in [5, 5.41) is 13.9. The van der Waals surface area contributed by atoms with Crippen LogP contribution in [0.1, 0.15) is 0 Å². The first-order chi connectivity index (χ1) is 7.93. The number of H-pyrrole nitrogens is 1. The Hall–Kier alpha value is -2.01. The van der Waals surface area contributed by atoms with E-state index >= 15 is 0 Å². The van der Waals surface area contributed by atoms with E-state index in [4.69, 9.17) is 0 Å². The first kappa shape index (κ1) is 9.23. The molecule has 0 fully saturated rings. The van der Waals surface area contributed by atoms with Crippen molar-refractivity contribution in [2.45, 2.75) is 0 Å². The summed E-state index contributed by atoms with van der Waals surface area (Å²) in [5.74, 6) is 0.646. The fourth-order valence-electron chi connectivity index (χ4n) is 1.48. The van der Waals surface area contributed by atoms with Crippen molar-refractivity contribution in [3.8, 4) is 21.1 Å². The van der Waals surface area contributed by atoms with E-state index in [1.54, 1.807) is 11.3 Å². The van der Waals surface area contributed by atoms with E-state index in [1.165, 1.54) is 10.4 Å². The average Bonchev–Trinajstić information content (AvgIpc) is 3.01. The van der Waals surface area contributed by atoms with E-state index in [2.05, 4.69) is 38.8 Å². The number of aromatic amines is 1. The smallest absolute Gasteiger partial charge is 0.177 e. The number of tetrazole rings is 1. The van der Waals surface area contributed by atoms with Crippen LogP contribution in [0.2, 0.25) is 0 Å². The van der Waals surface area contributed by atoms with Gasteiger partial charge in [-0.05, 0) is 22.9 Å². The van der Waals surface area contributed by atoms with Crippen molar-refractivity contribution < 1.29 is 0 Å². The zero-order valence-electron chi connectivity index (χ0n) is 8.29. The predicted octanol–water partition coefficient (Wildman–Crippen LogP) is 2.60. The first-order valence-electron chi connectivity index (χ1n) is 4.82. The van der Waals surface area contributed by atoms with E-state index in [1.807, 2.05) is 24.3 Å². The molecule has 16 heavy (non-hydrogen) atoms. The van der Waals surface area contributed by atoms with Gasteiger partial charge in [-0.1, -0.05) is 30.3 Å². The zero-order chi connectivity index (χ0) is 10.8. The molecule has 2 aromatic heterocycles. The lowest BCUT2D eigenvalue weighted by atomic mass is 10.2. The minimum Gasteiger partial charge on any atom is -0.177 e. The molecule has 0 radical (unpaired) electrons. The number of nitrogens with one attached hydrogen (secondary N) is 1. The number of aromatic nitrogens is 4. The zero-order valence-corrected chi connectivity index (χ0v) is 9.11. The van der Waals surface area contributed by atoms with E-state index in [-0.39, 0.29) is 0 Å². The number of nitrogens with zero attached hydrogens (tertiary/aromatic N) is 3. The van der Waals surface area contributed by atoms with Gasteiger partial charge < -0.3 is 0 Å². The summed E-state index contributed by atoms with van der Waals surface area (Å²) >= 11 is 1.66. The van der Waals surface area contributed by atoms with Crippen LogP contribution < -0.4 is 0 Å². The average molecular weight is 228 g/mol. The largest absolute Gasteiger partial charge is 0.214 e. The Bertz CT molecular complexity index is 571. The second-order valence-corrected chi connectivity index (χ2v) is 4.35. The molecule has 0 aliphatic heterocycles. The molecule has 1 N–H and O–H groups in total. The van der Waals surface area contributed by atoms with Crippen molar-refractivity contribution in [3.63, 3.8) is 0 Å². The SMILES string of the molecule is c1ccc(-c2ccc(-c3nn[nH]n3)s2)cc1. The van der Waals surface area contributed by atoms with Crippen LogP contribution in [0.3, 0.4) is 0 Å². The molecule has 2 heterocycles. The van der Waals surface area contributed by atoms with E-state index in [9.17, 15) is 0 Å². The summed E-state index contributed by atoms with van der Waals surface area (Å²) in [5.41, 5.74) is 1.21. The van der Waals surface area contributed by atoms with Gasteiger partial charge in [-0.25, -0.2) is 0 Å².